The predicted molar refractivity (Wildman–Crippen MR) is 87.7 cm³/mol. The minimum atomic E-state index is -0.771. The van der Waals surface area contributed by atoms with E-state index in [4.69, 9.17) is 4.74 Å². The summed E-state index contributed by atoms with van der Waals surface area (Å²) in [5.41, 5.74) is 0.988. The first-order chi connectivity index (χ1) is 10.0. The van der Waals surface area contributed by atoms with E-state index >= 15 is 0 Å². The maximum absolute atomic E-state index is 12.6. The Bertz CT molecular complexity index is 457. The van der Waals surface area contributed by atoms with E-state index in [2.05, 4.69) is 0 Å². The molecule has 2 unspecified atom stereocenters. The van der Waals surface area contributed by atoms with E-state index in [1.54, 1.807) is 0 Å². The zero-order valence-electron chi connectivity index (χ0n) is 14.9. The van der Waals surface area contributed by atoms with Gasteiger partial charge in [-0.25, -0.2) is 4.79 Å². The molecule has 4 nitrogen and oxygen atoms in total. The topological polar surface area (TPSA) is 49.8 Å². The predicted octanol–water partition coefficient (Wildman–Crippen LogP) is 4.03. The molecule has 2 aliphatic heterocycles. The van der Waals surface area contributed by atoms with Crippen molar-refractivity contribution in [2.45, 2.75) is 96.9 Å². The summed E-state index contributed by atoms with van der Waals surface area (Å²) in [6.07, 6.45) is 4.06. The van der Waals surface area contributed by atoms with E-state index in [0.717, 1.165) is 24.8 Å². The van der Waals surface area contributed by atoms with Crippen molar-refractivity contribution >= 4 is 6.09 Å². The zero-order chi connectivity index (χ0) is 16.7. The Morgan fingerprint density at radius 2 is 1.64 bits per heavy atom. The van der Waals surface area contributed by atoms with E-state index in [-0.39, 0.29) is 18.2 Å². The van der Waals surface area contributed by atoms with Gasteiger partial charge in [0.15, 0.2) is 0 Å². The van der Waals surface area contributed by atoms with Gasteiger partial charge in [-0.15, -0.1) is 0 Å². The van der Waals surface area contributed by atoms with Crippen molar-refractivity contribution in [2.24, 2.45) is 0 Å². The van der Waals surface area contributed by atoms with Crippen molar-refractivity contribution in [1.82, 2.24) is 4.90 Å². The molecule has 0 aromatic carbocycles. The number of carbonyl (C=O) groups excluding carboxylic acids is 1. The highest BCUT2D eigenvalue weighted by Crippen LogP contribution is 2.43. The second-order valence-electron chi connectivity index (χ2n) is 8.19. The van der Waals surface area contributed by atoms with Crippen molar-refractivity contribution in [3.05, 3.63) is 11.1 Å². The number of amides is 1. The summed E-state index contributed by atoms with van der Waals surface area (Å²) in [6, 6.07) is 0.170. The molecule has 0 saturated carbocycles. The highest BCUT2D eigenvalue weighted by atomic mass is 16.6. The van der Waals surface area contributed by atoms with Crippen LogP contribution in [-0.2, 0) is 4.74 Å². The molecule has 126 valence electrons. The average molecular weight is 309 g/mol. The van der Waals surface area contributed by atoms with Crippen molar-refractivity contribution in [1.29, 1.82) is 0 Å². The Labute approximate surface area is 134 Å². The lowest BCUT2D eigenvalue weighted by Crippen LogP contribution is -2.60. The summed E-state index contributed by atoms with van der Waals surface area (Å²) in [4.78, 5) is 14.5. The third-order valence-electron chi connectivity index (χ3n) is 5.06. The number of nitrogens with zero attached hydrogens (tertiary/aromatic N) is 1. The van der Waals surface area contributed by atoms with E-state index in [9.17, 15) is 9.90 Å². The van der Waals surface area contributed by atoms with E-state index < -0.39 is 11.2 Å². The number of fused-ring (bicyclic) bond motifs is 2. The second-order valence-corrected chi connectivity index (χ2v) is 8.19. The van der Waals surface area contributed by atoms with Crippen LogP contribution in [0.4, 0.5) is 4.79 Å². The van der Waals surface area contributed by atoms with Crippen LogP contribution in [0.3, 0.4) is 0 Å². The van der Waals surface area contributed by atoms with Gasteiger partial charge in [-0.2, -0.15) is 0 Å². The number of carbonyl (C=O) groups is 1. The fraction of sp³-hybridized carbons (Fsp3) is 0.833. The summed E-state index contributed by atoms with van der Waals surface area (Å²) in [5, 5.41) is 11.1. The van der Waals surface area contributed by atoms with Crippen molar-refractivity contribution in [2.75, 3.05) is 0 Å². The number of hydrogen-bond donors (Lipinski definition) is 1. The van der Waals surface area contributed by atoms with Crippen LogP contribution < -0.4 is 0 Å². The van der Waals surface area contributed by atoms with Crippen LogP contribution in [0, 0.1) is 0 Å². The molecule has 1 amide bonds. The van der Waals surface area contributed by atoms with Crippen molar-refractivity contribution in [3.8, 4) is 0 Å². The highest BCUT2D eigenvalue weighted by Gasteiger charge is 2.49. The Hall–Kier alpha value is -1.03. The Kier molecular flexibility index (Phi) is 4.63. The van der Waals surface area contributed by atoms with Gasteiger partial charge in [-0.05, 0) is 66.4 Å². The molecule has 2 fully saturated rings. The van der Waals surface area contributed by atoms with Gasteiger partial charge in [-0.3, -0.25) is 0 Å². The van der Waals surface area contributed by atoms with Crippen LogP contribution in [0.15, 0.2) is 11.1 Å². The summed E-state index contributed by atoms with van der Waals surface area (Å²) in [7, 11) is 0. The van der Waals surface area contributed by atoms with Crippen LogP contribution in [0.2, 0.25) is 0 Å². The molecular formula is C18H31NO3. The second kappa shape index (κ2) is 5.88. The number of ether oxygens (including phenoxy) is 1. The molecular weight excluding hydrogens is 278 g/mol. The Morgan fingerprint density at radius 3 is 2.05 bits per heavy atom. The quantitative estimate of drug-likeness (QED) is 0.744. The first kappa shape index (κ1) is 17.3. The summed E-state index contributed by atoms with van der Waals surface area (Å²) in [6.45, 7) is 11.8. The normalized spacial score (nSPS) is 31.7. The van der Waals surface area contributed by atoms with Gasteiger partial charge in [-0.1, -0.05) is 5.57 Å². The highest BCUT2D eigenvalue weighted by molar-refractivity contribution is 5.69. The van der Waals surface area contributed by atoms with Gasteiger partial charge in [0, 0.05) is 24.9 Å². The van der Waals surface area contributed by atoms with Crippen LogP contribution >= 0.6 is 0 Å². The van der Waals surface area contributed by atoms with Crippen LogP contribution in [0.1, 0.15) is 73.6 Å². The molecule has 0 aliphatic carbocycles. The van der Waals surface area contributed by atoms with E-state index in [1.165, 1.54) is 5.57 Å². The van der Waals surface area contributed by atoms with Gasteiger partial charge in [0.2, 0.25) is 0 Å². The molecule has 2 aliphatic rings. The minimum absolute atomic E-state index is 0.0849. The van der Waals surface area contributed by atoms with Crippen molar-refractivity contribution < 1.29 is 14.6 Å². The Morgan fingerprint density at radius 1 is 1.14 bits per heavy atom. The first-order valence-electron chi connectivity index (χ1n) is 8.42. The van der Waals surface area contributed by atoms with Gasteiger partial charge in [0.05, 0.1) is 5.60 Å². The molecule has 4 heteroatoms. The molecule has 2 heterocycles. The largest absolute Gasteiger partial charge is 0.444 e. The lowest BCUT2D eigenvalue weighted by Gasteiger charge is -2.52. The van der Waals surface area contributed by atoms with Gasteiger partial charge < -0.3 is 14.7 Å². The molecule has 0 spiro atoms. The van der Waals surface area contributed by atoms with E-state index in [0.29, 0.717) is 12.8 Å². The summed E-state index contributed by atoms with van der Waals surface area (Å²) >= 11 is 0. The molecule has 2 rings (SSSR count). The van der Waals surface area contributed by atoms with Crippen LogP contribution in [-0.4, -0.2) is 39.4 Å². The maximum atomic E-state index is 12.6. The number of allylic oxidation sites excluding steroid dienone is 1. The lowest BCUT2D eigenvalue weighted by atomic mass is 9.72. The summed E-state index contributed by atoms with van der Waals surface area (Å²) < 4.78 is 5.58. The molecule has 0 aromatic rings. The van der Waals surface area contributed by atoms with Crippen molar-refractivity contribution in [3.63, 3.8) is 0 Å². The first-order valence-corrected chi connectivity index (χ1v) is 8.42. The molecule has 2 bridgehead atoms. The monoisotopic (exact) mass is 309 g/mol. The average Bonchev–Trinajstić information content (AvgIpc) is 2.34. The number of piperidine rings is 2. The number of rotatable bonds is 1. The van der Waals surface area contributed by atoms with E-state index in [1.807, 2.05) is 46.4 Å². The molecule has 0 radical (unpaired) electrons. The molecule has 1 N–H and O–H groups in total. The third-order valence-corrected chi connectivity index (χ3v) is 5.06. The standard InChI is InChI=1S/C18H31NO3/c1-12(2)13(3)18(21)10-14-8-7-9-15(11-18)19(14)16(20)22-17(4,5)6/h14-15,21H,7-11H2,1-6H3. The van der Waals surface area contributed by atoms with Crippen LogP contribution in [0.5, 0.6) is 0 Å². The number of hydrogen-bond acceptors (Lipinski definition) is 3. The smallest absolute Gasteiger partial charge is 0.410 e. The third kappa shape index (κ3) is 3.48. The zero-order valence-corrected chi connectivity index (χ0v) is 14.9. The van der Waals surface area contributed by atoms with Gasteiger partial charge >= 0.3 is 6.09 Å². The SMILES string of the molecule is CC(C)=C(C)C1(O)CC2CCCC(C1)N2C(=O)OC(C)(C)C. The molecule has 0 aromatic heterocycles. The molecule has 2 saturated heterocycles. The van der Waals surface area contributed by atoms with Crippen LogP contribution in [0.25, 0.3) is 0 Å². The summed E-state index contributed by atoms with van der Waals surface area (Å²) in [5.74, 6) is 0. The van der Waals surface area contributed by atoms with Gasteiger partial charge in [0.1, 0.15) is 5.60 Å². The molecule has 22 heavy (non-hydrogen) atoms. The minimum Gasteiger partial charge on any atom is -0.444 e. The van der Waals surface area contributed by atoms with Gasteiger partial charge in [0.25, 0.3) is 0 Å². The fourth-order valence-corrected chi connectivity index (χ4v) is 3.81. The molecule has 2 atom stereocenters. The fourth-order valence-electron chi connectivity index (χ4n) is 3.81. The maximum Gasteiger partial charge on any atom is 0.410 e. The number of aliphatic hydroxyl groups is 1. The Balaban J connectivity index is 2.22. The lowest BCUT2D eigenvalue weighted by molar-refractivity contribution is -0.0761.